The molecule has 0 bridgehead atoms. The summed E-state index contributed by atoms with van der Waals surface area (Å²) in [5.74, 6) is 1.78. The van der Waals surface area contributed by atoms with E-state index in [1.54, 1.807) is 7.31 Å². The van der Waals surface area contributed by atoms with Crippen LogP contribution in [0.15, 0.2) is 12.2 Å². The van der Waals surface area contributed by atoms with Crippen LogP contribution in [-0.2, 0) is 4.79 Å². The molecule has 3 atom stereocenters. The standard InChI is InChI=1S/C10H16B3INO/c1-7-3-4-9(5-7)8(2)6-10(16)15-13-11-12-14/h3-4,7-9H,5-6H2,1-2H3,(H,15,16). The molecule has 2 nitrogen and oxygen atoms in total. The van der Waals surface area contributed by atoms with Crippen molar-refractivity contribution >= 4 is 47.7 Å². The molecule has 1 rings (SSSR count). The maximum absolute atomic E-state index is 11.6. The third kappa shape index (κ3) is 4.98. The molecule has 6 heteroatoms. The summed E-state index contributed by atoms with van der Waals surface area (Å²) in [6.07, 6.45) is 6.31. The fourth-order valence-corrected chi connectivity index (χ4v) is 2.23. The quantitative estimate of drug-likeness (QED) is 0.341. The number of rotatable bonds is 6. The van der Waals surface area contributed by atoms with E-state index in [2.05, 4.69) is 53.6 Å². The fourth-order valence-electron chi connectivity index (χ4n) is 2.02. The van der Waals surface area contributed by atoms with Crippen molar-refractivity contribution in [3.8, 4) is 0 Å². The number of carbonyl (C=O) groups excluding carboxylic acids is 1. The Labute approximate surface area is 114 Å². The average molecular weight is 326 g/mol. The van der Waals surface area contributed by atoms with Gasteiger partial charge in [0.15, 0.2) is 7.31 Å². The van der Waals surface area contributed by atoms with Crippen LogP contribution >= 0.6 is 22.4 Å². The van der Waals surface area contributed by atoms with Gasteiger partial charge >= 0.3 is 0 Å². The van der Waals surface area contributed by atoms with Gasteiger partial charge in [-0.15, -0.1) is 0 Å². The van der Waals surface area contributed by atoms with E-state index in [1.807, 2.05) is 12.1 Å². The van der Waals surface area contributed by atoms with E-state index in [0.717, 1.165) is 0 Å². The molecule has 16 heavy (non-hydrogen) atoms. The second kappa shape index (κ2) is 7.46. The molecule has 3 radical (unpaired) electrons. The number of nitrogens with one attached hydrogen (secondary N) is 1. The van der Waals surface area contributed by atoms with Crippen molar-refractivity contribution in [1.29, 1.82) is 0 Å². The zero-order chi connectivity index (χ0) is 12.0. The zero-order valence-corrected chi connectivity index (χ0v) is 12.0. The van der Waals surface area contributed by atoms with Gasteiger partial charge in [0.05, 0.1) is 7.06 Å². The highest BCUT2D eigenvalue weighted by Crippen LogP contribution is 2.30. The van der Waals surface area contributed by atoms with Gasteiger partial charge in [-0.2, -0.15) is 22.4 Å². The van der Waals surface area contributed by atoms with Crippen molar-refractivity contribution in [1.82, 2.24) is 5.23 Å². The van der Waals surface area contributed by atoms with Gasteiger partial charge in [0.25, 0.3) is 0 Å². The molecule has 0 saturated carbocycles. The van der Waals surface area contributed by atoms with Gasteiger partial charge < -0.3 is 5.23 Å². The number of halogens is 1. The Bertz CT molecular complexity index is 262. The van der Waals surface area contributed by atoms with Gasteiger partial charge in [-0.1, -0.05) is 26.0 Å². The second-order valence-corrected chi connectivity index (χ2v) is 5.21. The Hall–Kier alpha value is 0.135. The minimum atomic E-state index is 0.106. The van der Waals surface area contributed by atoms with Gasteiger partial charge in [-0.05, 0) is 24.2 Å². The normalized spacial score (nSPS) is 24.9. The van der Waals surface area contributed by atoms with Gasteiger partial charge in [-0.3, -0.25) is 4.79 Å². The van der Waals surface area contributed by atoms with Crippen LogP contribution in [0.2, 0.25) is 0 Å². The van der Waals surface area contributed by atoms with E-state index in [0.29, 0.717) is 24.2 Å². The van der Waals surface area contributed by atoms with E-state index < -0.39 is 0 Å². The van der Waals surface area contributed by atoms with Gasteiger partial charge in [0, 0.05) is 6.42 Å². The first-order chi connectivity index (χ1) is 7.63. The molecule has 0 aliphatic heterocycles. The van der Waals surface area contributed by atoms with Crippen molar-refractivity contribution < 1.29 is 4.79 Å². The highest BCUT2D eigenvalue weighted by Gasteiger charge is 2.22. The van der Waals surface area contributed by atoms with E-state index in [1.165, 1.54) is 6.42 Å². The Morgan fingerprint density at radius 2 is 2.38 bits per heavy atom. The molecule has 83 valence electrons. The maximum Gasteiger partial charge on any atom is 0.207 e. The first kappa shape index (κ1) is 14.2. The zero-order valence-electron chi connectivity index (χ0n) is 9.82. The van der Waals surface area contributed by atoms with Gasteiger partial charge in [0.1, 0.15) is 5.03 Å². The lowest BCUT2D eigenvalue weighted by molar-refractivity contribution is -0.120. The number of hydrogen-bond donors (Lipinski definition) is 1. The van der Waals surface area contributed by atoms with Crippen LogP contribution in [-0.4, -0.2) is 25.3 Å². The molecular formula is C10H16B3INO. The molecule has 0 aromatic heterocycles. The fraction of sp³-hybridized carbons (Fsp3) is 0.700. The second-order valence-electron chi connectivity index (χ2n) is 4.50. The highest BCUT2D eigenvalue weighted by atomic mass is 127. The summed E-state index contributed by atoms with van der Waals surface area (Å²) in [6, 6.07) is 0. The molecule has 1 aliphatic carbocycles. The summed E-state index contributed by atoms with van der Waals surface area (Å²) in [5, 5.41) is 4.63. The van der Waals surface area contributed by atoms with Crippen LogP contribution in [0, 0.1) is 17.8 Å². The lowest BCUT2D eigenvalue weighted by atomic mass is 9.33. The average Bonchev–Trinajstić information content (AvgIpc) is 2.65. The summed E-state index contributed by atoms with van der Waals surface area (Å²) in [7, 11) is 3.51. The largest absolute Gasteiger partial charge is 0.413 e. The monoisotopic (exact) mass is 326 g/mol. The number of allylic oxidation sites excluding steroid dienone is 2. The van der Waals surface area contributed by atoms with E-state index >= 15 is 0 Å². The molecule has 0 aromatic rings. The Morgan fingerprint density at radius 1 is 1.62 bits per heavy atom. The van der Waals surface area contributed by atoms with Crippen molar-refractivity contribution in [2.75, 3.05) is 0 Å². The molecule has 1 N–H and O–H groups in total. The maximum atomic E-state index is 11.6. The van der Waals surface area contributed by atoms with Gasteiger partial charge in [-0.25, -0.2) is 0 Å². The van der Waals surface area contributed by atoms with Crippen LogP contribution < -0.4 is 5.23 Å². The SMILES string of the molecule is CC1C=CC(C(C)CC(=O)N[B][B][B]I)C1. The first-order valence-corrected chi connectivity index (χ1v) is 6.94. The molecule has 0 saturated heterocycles. The smallest absolute Gasteiger partial charge is 0.207 e. The summed E-state index contributed by atoms with van der Waals surface area (Å²) < 4.78 is 0. The molecule has 1 amide bonds. The van der Waals surface area contributed by atoms with Gasteiger partial charge in [0.2, 0.25) is 5.91 Å². The Kier molecular flexibility index (Phi) is 6.62. The predicted octanol–water partition coefficient (Wildman–Crippen LogP) is 1.55. The molecule has 0 spiro atoms. The van der Waals surface area contributed by atoms with Crippen molar-refractivity contribution in [2.24, 2.45) is 17.8 Å². The predicted molar refractivity (Wildman–Crippen MR) is 79.6 cm³/mol. The number of amides is 1. The van der Waals surface area contributed by atoms with Crippen molar-refractivity contribution in [3.63, 3.8) is 0 Å². The van der Waals surface area contributed by atoms with E-state index in [9.17, 15) is 4.79 Å². The molecule has 0 fully saturated rings. The first-order valence-electron chi connectivity index (χ1n) is 5.69. The summed E-state index contributed by atoms with van der Waals surface area (Å²) in [5.41, 5.74) is 0. The third-order valence-electron chi connectivity index (χ3n) is 2.98. The number of carbonyl (C=O) groups is 1. The Balaban J connectivity index is 2.20. The summed E-state index contributed by atoms with van der Waals surface area (Å²) >= 11 is 2.12. The third-order valence-corrected chi connectivity index (χ3v) is 3.40. The van der Waals surface area contributed by atoms with Crippen LogP contribution in [0.3, 0.4) is 0 Å². The topological polar surface area (TPSA) is 29.1 Å². The lowest BCUT2D eigenvalue weighted by Gasteiger charge is -2.18. The lowest BCUT2D eigenvalue weighted by Crippen LogP contribution is -2.34. The molecular weight excluding hydrogens is 309 g/mol. The minimum absolute atomic E-state index is 0.106. The molecule has 1 aliphatic rings. The van der Waals surface area contributed by atoms with Crippen LogP contribution in [0.5, 0.6) is 0 Å². The molecule has 3 unspecified atom stereocenters. The van der Waals surface area contributed by atoms with Crippen molar-refractivity contribution in [3.05, 3.63) is 12.2 Å². The van der Waals surface area contributed by atoms with Crippen LogP contribution in [0.1, 0.15) is 26.7 Å². The summed E-state index contributed by atoms with van der Waals surface area (Å²) in [4.78, 5) is 11.6. The van der Waals surface area contributed by atoms with Crippen LogP contribution in [0.25, 0.3) is 0 Å². The van der Waals surface area contributed by atoms with Crippen molar-refractivity contribution in [2.45, 2.75) is 26.7 Å². The Morgan fingerprint density at radius 3 is 2.94 bits per heavy atom. The number of hydrogen-bond acceptors (Lipinski definition) is 1. The molecule has 0 heterocycles. The van der Waals surface area contributed by atoms with Crippen LogP contribution in [0.4, 0.5) is 0 Å². The minimum Gasteiger partial charge on any atom is -0.413 e. The summed E-state index contributed by atoms with van der Waals surface area (Å²) in [6.45, 7) is 4.38. The highest BCUT2D eigenvalue weighted by molar-refractivity contribution is 14.1. The van der Waals surface area contributed by atoms with E-state index in [-0.39, 0.29) is 5.91 Å². The molecule has 0 aromatic carbocycles. The van der Waals surface area contributed by atoms with E-state index in [4.69, 9.17) is 0 Å².